The maximum absolute atomic E-state index is 13.9. The molecule has 2 fully saturated rings. The maximum Gasteiger partial charge on any atom is 0.257 e. The van der Waals surface area contributed by atoms with Crippen LogP contribution in [0.1, 0.15) is 36.0 Å². The molecule has 2 heterocycles. The van der Waals surface area contributed by atoms with Gasteiger partial charge in [-0.2, -0.15) is 0 Å². The second-order valence-electron chi connectivity index (χ2n) is 5.29. The quantitative estimate of drug-likeness (QED) is 0.704. The van der Waals surface area contributed by atoms with Gasteiger partial charge < -0.3 is 4.90 Å². The maximum atomic E-state index is 13.9. The summed E-state index contributed by atoms with van der Waals surface area (Å²) in [6, 6.07) is 4.74. The number of benzene rings is 1. The molecule has 2 unspecified atom stereocenters. The van der Waals surface area contributed by atoms with Crippen LogP contribution in [-0.4, -0.2) is 27.7 Å². The van der Waals surface area contributed by atoms with Crippen LogP contribution in [0.25, 0.3) is 0 Å². The number of rotatable bonds is 1. The van der Waals surface area contributed by atoms with Gasteiger partial charge in [0.25, 0.3) is 5.91 Å². The van der Waals surface area contributed by atoms with Gasteiger partial charge >= 0.3 is 0 Å². The highest BCUT2D eigenvalue weighted by Gasteiger charge is 2.43. The second-order valence-corrected chi connectivity index (χ2v) is 7.02. The molecule has 0 saturated carbocycles. The van der Waals surface area contributed by atoms with E-state index in [2.05, 4.69) is 15.9 Å². The Morgan fingerprint density at radius 2 is 1.95 bits per heavy atom. The van der Waals surface area contributed by atoms with Crippen molar-refractivity contribution >= 4 is 33.4 Å². The Bertz CT molecular complexity index is 510. The molecular weight excluding hydrogens is 333 g/mol. The smallest absolute Gasteiger partial charge is 0.257 e. The lowest BCUT2D eigenvalue weighted by Gasteiger charge is -2.37. The first-order chi connectivity index (χ1) is 9.06. The third-order valence-electron chi connectivity index (χ3n) is 4.07. The van der Waals surface area contributed by atoms with E-state index in [4.69, 9.17) is 11.6 Å². The SMILES string of the molecule is O=C(c1ccc(Cl)cc1F)N1C2CCC1CC(Br)C2. The van der Waals surface area contributed by atoms with Crippen LogP contribution in [0.3, 0.4) is 0 Å². The van der Waals surface area contributed by atoms with Gasteiger partial charge in [-0.05, 0) is 43.9 Å². The summed E-state index contributed by atoms with van der Waals surface area (Å²) < 4.78 is 13.9. The minimum absolute atomic E-state index is 0.134. The molecule has 5 heteroatoms. The molecule has 1 amide bonds. The largest absolute Gasteiger partial charge is 0.333 e. The van der Waals surface area contributed by atoms with Gasteiger partial charge in [-0.25, -0.2) is 4.39 Å². The third kappa shape index (κ3) is 2.40. The fraction of sp³-hybridized carbons (Fsp3) is 0.500. The molecule has 3 rings (SSSR count). The number of amides is 1. The van der Waals surface area contributed by atoms with Crippen molar-refractivity contribution in [3.05, 3.63) is 34.6 Å². The third-order valence-corrected chi connectivity index (χ3v) is 5.05. The van der Waals surface area contributed by atoms with Crippen LogP contribution in [-0.2, 0) is 0 Å². The zero-order valence-corrected chi connectivity index (χ0v) is 12.6. The zero-order chi connectivity index (χ0) is 13.6. The van der Waals surface area contributed by atoms with E-state index in [1.54, 1.807) is 6.07 Å². The molecule has 2 bridgehead atoms. The second kappa shape index (κ2) is 5.06. The molecule has 2 nitrogen and oxygen atoms in total. The van der Waals surface area contributed by atoms with Crippen LogP contribution in [0.2, 0.25) is 5.02 Å². The van der Waals surface area contributed by atoms with Gasteiger partial charge in [-0.3, -0.25) is 4.79 Å². The number of piperidine rings is 1. The number of halogens is 3. The highest BCUT2D eigenvalue weighted by Crippen LogP contribution is 2.39. The van der Waals surface area contributed by atoms with E-state index in [1.165, 1.54) is 12.1 Å². The fourth-order valence-corrected chi connectivity index (χ4v) is 4.27. The Kier molecular flexibility index (Phi) is 3.56. The van der Waals surface area contributed by atoms with E-state index < -0.39 is 5.82 Å². The Labute approximate surface area is 125 Å². The predicted molar refractivity (Wildman–Crippen MR) is 76.3 cm³/mol. The van der Waals surface area contributed by atoms with E-state index >= 15 is 0 Å². The topological polar surface area (TPSA) is 20.3 Å². The summed E-state index contributed by atoms with van der Waals surface area (Å²) >= 11 is 9.36. The lowest BCUT2D eigenvalue weighted by Crippen LogP contribution is -2.47. The lowest BCUT2D eigenvalue weighted by atomic mass is 10.0. The Balaban J connectivity index is 1.88. The summed E-state index contributed by atoms with van der Waals surface area (Å²) in [4.78, 5) is 14.9. The standard InChI is InChI=1S/C14H14BrClFNO/c15-8-5-10-2-3-11(6-8)18(10)14(19)12-4-1-9(16)7-13(12)17/h1,4,7-8,10-11H,2-3,5-6H2. The van der Waals surface area contributed by atoms with E-state index in [0.29, 0.717) is 9.85 Å². The zero-order valence-electron chi connectivity index (χ0n) is 10.3. The van der Waals surface area contributed by atoms with Crippen molar-refractivity contribution in [2.24, 2.45) is 0 Å². The Morgan fingerprint density at radius 1 is 1.32 bits per heavy atom. The van der Waals surface area contributed by atoms with Gasteiger partial charge in [0.05, 0.1) is 5.56 Å². The Hall–Kier alpha value is -0.610. The van der Waals surface area contributed by atoms with E-state index in [-0.39, 0.29) is 23.6 Å². The van der Waals surface area contributed by atoms with Crippen LogP contribution in [0, 0.1) is 5.82 Å². The van der Waals surface area contributed by atoms with Gasteiger partial charge in [-0.1, -0.05) is 27.5 Å². The van der Waals surface area contributed by atoms with Crippen LogP contribution in [0.15, 0.2) is 18.2 Å². The molecule has 0 N–H and O–H groups in total. The van der Waals surface area contributed by atoms with Crippen molar-refractivity contribution in [1.82, 2.24) is 4.90 Å². The first-order valence-electron chi connectivity index (χ1n) is 6.48. The van der Waals surface area contributed by atoms with E-state index in [9.17, 15) is 9.18 Å². The van der Waals surface area contributed by atoms with Gasteiger partial charge in [-0.15, -0.1) is 0 Å². The van der Waals surface area contributed by atoms with Crippen molar-refractivity contribution in [3.63, 3.8) is 0 Å². The monoisotopic (exact) mass is 345 g/mol. The summed E-state index contributed by atoms with van der Waals surface area (Å²) in [5, 5.41) is 0.316. The average Bonchev–Trinajstić information content (AvgIpc) is 2.61. The summed E-state index contributed by atoms with van der Waals surface area (Å²) in [6.45, 7) is 0. The predicted octanol–water partition coefficient (Wildman–Crippen LogP) is 4.01. The van der Waals surface area contributed by atoms with Crippen molar-refractivity contribution < 1.29 is 9.18 Å². The number of hydrogen-bond donors (Lipinski definition) is 0. The molecule has 2 aliphatic rings. The molecule has 1 aromatic carbocycles. The Morgan fingerprint density at radius 3 is 2.53 bits per heavy atom. The molecule has 0 aliphatic carbocycles. The van der Waals surface area contributed by atoms with Crippen molar-refractivity contribution in [1.29, 1.82) is 0 Å². The lowest BCUT2D eigenvalue weighted by molar-refractivity contribution is 0.0598. The van der Waals surface area contributed by atoms with Crippen LogP contribution in [0.4, 0.5) is 4.39 Å². The molecule has 0 aromatic heterocycles. The summed E-state index contributed by atoms with van der Waals surface area (Å²) in [7, 11) is 0. The molecule has 0 spiro atoms. The van der Waals surface area contributed by atoms with Crippen molar-refractivity contribution in [2.75, 3.05) is 0 Å². The van der Waals surface area contributed by atoms with Crippen LogP contribution < -0.4 is 0 Å². The molecule has 2 saturated heterocycles. The summed E-state index contributed by atoms with van der Waals surface area (Å²) in [5.41, 5.74) is 0.134. The fourth-order valence-electron chi connectivity index (χ4n) is 3.24. The summed E-state index contributed by atoms with van der Waals surface area (Å²) in [6.07, 6.45) is 3.95. The molecule has 0 radical (unpaired) electrons. The molecule has 102 valence electrons. The summed E-state index contributed by atoms with van der Waals surface area (Å²) in [5.74, 6) is -0.723. The van der Waals surface area contributed by atoms with Crippen LogP contribution >= 0.6 is 27.5 Å². The van der Waals surface area contributed by atoms with Gasteiger partial charge in [0, 0.05) is 21.9 Å². The van der Waals surface area contributed by atoms with Gasteiger partial charge in [0.1, 0.15) is 5.82 Å². The number of nitrogens with zero attached hydrogens (tertiary/aromatic N) is 1. The highest BCUT2D eigenvalue weighted by molar-refractivity contribution is 9.09. The van der Waals surface area contributed by atoms with E-state index in [0.717, 1.165) is 25.7 Å². The molecule has 1 aromatic rings. The molecule has 19 heavy (non-hydrogen) atoms. The van der Waals surface area contributed by atoms with Crippen LogP contribution in [0.5, 0.6) is 0 Å². The molecule has 2 atom stereocenters. The first kappa shape index (κ1) is 13.4. The van der Waals surface area contributed by atoms with Crippen molar-refractivity contribution in [3.8, 4) is 0 Å². The number of fused-ring (bicyclic) bond motifs is 2. The number of carbonyl (C=O) groups excluding carboxylic acids is 1. The van der Waals surface area contributed by atoms with Gasteiger partial charge in [0.15, 0.2) is 0 Å². The first-order valence-corrected chi connectivity index (χ1v) is 7.77. The van der Waals surface area contributed by atoms with Crippen molar-refractivity contribution in [2.45, 2.75) is 42.6 Å². The average molecular weight is 347 g/mol. The van der Waals surface area contributed by atoms with Gasteiger partial charge in [0.2, 0.25) is 0 Å². The molecular formula is C14H14BrClFNO. The minimum Gasteiger partial charge on any atom is -0.333 e. The number of alkyl halides is 1. The minimum atomic E-state index is -0.530. The van der Waals surface area contributed by atoms with E-state index in [1.807, 2.05) is 4.90 Å². The normalized spacial score (nSPS) is 29.6. The molecule has 2 aliphatic heterocycles. The highest BCUT2D eigenvalue weighted by atomic mass is 79.9. The number of hydrogen-bond acceptors (Lipinski definition) is 1. The number of carbonyl (C=O) groups is 1.